The second kappa shape index (κ2) is 6.19. The van der Waals surface area contributed by atoms with Crippen molar-refractivity contribution < 1.29 is 14.8 Å². The van der Waals surface area contributed by atoms with E-state index in [1.54, 1.807) is 12.1 Å². The lowest BCUT2D eigenvalue weighted by Gasteiger charge is -2.29. The predicted octanol–water partition coefficient (Wildman–Crippen LogP) is 2.54. The van der Waals surface area contributed by atoms with E-state index in [0.717, 1.165) is 0 Å². The van der Waals surface area contributed by atoms with Crippen molar-refractivity contribution in [2.45, 2.75) is 19.4 Å². The third kappa shape index (κ3) is 3.46. The topological polar surface area (TPSA) is 83.7 Å². The molecule has 2 rings (SSSR count). The Morgan fingerprint density at radius 1 is 1.45 bits per heavy atom. The van der Waals surface area contributed by atoms with Crippen molar-refractivity contribution in [1.29, 1.82) is 0 Å². The summed E-state index contributed by atoms with van der Waals surface area (Å²) < 4.78 is 0. The second-order valence-corrected chi connectivity index (χ2v) is 5.36. The third-order valence-electron chi connectivity index (χ3n) is 3.57. The smallest absolute Gasteiger partial charge is 0.306 e. The van der Waals surface area contributed by atoms with Crippen LogP contribution in [0.3, 0.4) is 0 Å². The SMILES string of the molecule is O=C(O)C1CCN(Cc2ccc(Cl)cc2[N+](=O)[O-])CC1. The summed E-state index contributed by atoms with van der Waals surface area (Å²) in [5, 5.41) is 20.3. The number of carboxylic acids is 1. The molecule has 0 radical (unpaired) electrons. The van der Waals surface area contributed by atoms with Crippen LogP contribution in [0.1, 0.15) is 18.4 Å². The third-order valence-corrected chi connectivity index (χ3v) is 3.81. The molecule has 0 unspecified atom stereocenters. The molecule has 0 aromatic heterocycles. The van der Waals surface area contributed by atoms with Crippen molar-refractivity contribution in [2.24, 2.45) is 5.92 Å². The van der Waals surface area contributed by atoms with Gasteiger partial charge in [0.25, 0.3) is 5.69 Å². The van der Waals surface area contributed by atoms with Gasteiger partial charge in [0.05, 0.1) is 10.8 Å². The highest BCUT2D eigenvalue weighted by Gasteiger charge is 2.25. The van der Waals surface area contributed by atoms with Gasteiger partial charge in [-0.2, -0.15) is 0 Å². The minimum absolute atomic E-state index is 0.0119. The van der Waals surface area contributed by atoms with Crippen LogP contribution in [0.15, 0.2) is 18.2 Å². The highest BCUT2D eigenvalue weighted by Crippen LogP contribution is 2.26. The Hall–Kier alpha value is -1.66. The molecule has 1 aromatic rings. The van der Waals surface area contributed by atoms with Gasteiger partial charge in [-0.3, -0.25) is 19.8 Å². The number of nitrogens with zero attached hydrogens (tertiary/aromatic N) is 2. The minimum Gasteiger partial charge on any atom is -0.481 e. The zero-order chi connectivity index (χ0) is 14.7. The first kappa shape index (κ1) is 14.7. The number of carbonyl (C=O) groups is 1. The quantitative estimate of drug-likeness (QED) is 0.682. The lowest BCUT2D eigenvalue weighted by molar-refractivity contribution is -0.385. The monoisotopic (exact) mass is 298 g/mol. The molecule has 0 aliphatic carbocycles. The number of nitro groups is 1. The molecule has 1 aromatic carbocycles. The Bertz CT molecular complexity index is 527. The van der Waals surface area contributed by atoms with Crippen LogP contribution in [0.25, 0.3) is 0 Å². The summed E-state index contributed by atoms with van der Waals surface area (Å²) in [7, 11) is 0. The minimum atomic E-state index is -0.762. The van der Waals surface area contributed by atoms with E-state index >= 15 is 0 Å². The molecular weight excluding hydrogens is 284 g/mol. The molecular formula is C13H15ClN2O4. The van der Waals surface area contributed by atoms with Crippen LogP contribution in [0.4, 0.5) is 5.69 Å². The number of piperidine rings is 1. The highest BCUT2D eigenvalue weighted by atomic mass is 35.5. The Morgan fingerprint density at radius 3 is 2.65 bits per heavy atom. The summed E-state index contributed by atoms with van der Waals surface area (Å²) >= 11 is 5.77. The van der Waals surface area contributed by atoms with E-state index in [4.69, 9.17) is 16.7 Å². The van der Waals surface area contributed by atoms with Gasteiger partial charge in [-0.05, 0) is 38.1 Å². The Kier molecular flexibility index (Phi) is 4.57. The number of likely N-dealkylation sites (tertiary alicyclic amines) is 1. The first-order valence-electron chi connectivity index (χ1n) is 6.35. The maximum atomic E-state index is 11.0. The molecule has 1 saturated heterocycles. The van der Waals surface area contributed by atoms with Gasteiger partial charge in [0.2, 0.25) is 0 Å². The van der Waals surface area contributed by atoms with Crippen molar-refractivity contribution in [3.05, 3.63) is 38.9 Å². The summed E-state index contributed by atoms with van der Waals surface area (Å²) in [6.07, 6.45) is 1.16. The number of benzene rings is 1. The average molecular weight is 299 g/mol. The molecule has 0 saturated carbocycles. The molecule has 0 atom stereocenters. The van der Waals surface area contributed by atoms with Crippen LogP contribution in [-0.2, 0) is 11.3 Å². The van der Waals surface area contributed by atoms with Crippen LogP contribution < -0.4 is 0 Å². The van der Waals surface area contributed by atoms with Crippen LogP contribution >= 0.6 is 11.6 Å². The van der Waals surface area contributed by atoms with E-state index in [1.165, 1.54) is 6.07 Å². The van der Waals surface area contributed by atoms with Crippen LogP contribution in [0.5, 0.6) is 0 Å². The number of hydrogen-bond donors (Lipinski definition) is 1. The number of nitro benzene ring substituents is 1. The van der Waals surface area contributed by atoms with Gasteiger partial charge in [-0.25, -0.2) is 0 Å². The van der Waals surface area contributed by atoms with Crippen molar-refractivity contribution in [2.75, 3.05) is 13.1 Å². The van der Waals surface area contributed by atoms with E-state index < -0.39 is 10.9 Å². The molecule has 7 heteroatoms. The number of rotatable bonds is 4. The summed E-state index contributed by atoms with van der Waals surface area (Å²) in [6, 6.07) is 4.64. The molecule has 1 aliphatic rings. The molecule has 1 aliphatic heterocycles. The summed E-state index contributed by atoms with van der Waals surface area (Å²) in [4.78, 5) is 23.5. The summed E-state index contributed by atoms with van der Waals surface area (Å²) in [5.74, 6) is -1.06. The lowest BCUT2D eigenvalue weighted by atomic mass is 9.96. The number of aliphatic carboxylic acids is 1. The van der Waals surface area contributed by atoms with Gasteiger partial charge in [-0.1, -0.05) is 11.6 Å². The van der Waals surface area contributed by atoms with Crippen molar-refractivity contribution in [3.63, 3.8) is 0 Å². The maximum absolute atomic E-state index is 11.0. The van der Waals surface area contributed by atoms with E-state index in [0.29, 0.717) is 43.1 Å². The number of hydrogen-bond acceptors (Lipinski definition) is 4. The lowest BCUT2D eigenvalue weighted by Crippen LogP contribution is -2.35. The van der Waals surface area contributed by atoms with Gasteiger partial charge in [0.1, 0.15) is 0 Å². The Morgan fingerprint density at radius 2 is 2.10 bits per heavy atom. The van der Waals surface area contributed by atoms with Crippen LogP contribution in [-0.4, -0.2) is 34.0 Å². The molecule has 1 fully saturated rings. The number of carboxylic acid groups (broad SMARTS) is 1. The van der Waals surface area contributed by atoms with Crippen molar-refractivity contribution in [3.8, 4) is 0 Å². The molecule has 0 bridgehead atoms. The average Bonchev–Trinajstić information content (AvgIpc) is 2.41. The zero-order valence-electron chi connectivity index (χ0n) is 10.8. The van der Waals surface area contributed by atoms with E-state index in [2.05, 4.69) is 0 Å². The van der Waals surface area contributed by atoms with Crippen LogP contribution in [0, 0.1) is 16.0 Å². The molecule has 0 spiro atoms. The standard InChI is InChI=1S/C13H15ClN2O4/c14-11-2-1-10(12(7-11)16(19)20)8-15-5-3-9(4-6-15)13(17)18/h1-2,7,9H,3-6,8H2,(H,17,18). The summed E-state index contributed by atoms with van der Waals surface area (Å²) in [6.45, 7) is 1.72. The van der Waals surface area contributed by atoms with Gasteiger partial charge in [-0.15, -0.1) is 0 Å². The highest BCUT2D eigenvalue weighted by molar-refractivity contribution is 6.30. The first-order chi connectivity index (χ1) is 9.47. The zero-order valence-corrected chi connectivity index (χ0v) is 11.5. The predicted molar refractivity (Wildman–Crippen MR) is 73.7 cm³/mol. The van der Waals surface area contributed by atoms with Crippen molar-refractivity contribution >= 4 is 23.3 Å². The molecule has 1 N–H and O–H groups in total. The molecule has 0 amide bonds. The molecule has 1 heterocycles. The normalized spacial score (nSPS) is 17.1. The van der Waals surface area contributed by atoms with Crippen molar-refractivity contribution in [1.82, 2.24) is 4.90 Å². The maximum Gasteiger partial charge on any atom is 0.306 e. The first-order valence-corrected chi connectivity index (χ1v) is 6.73. The molecule has 108 valence electrons. The fraction of sp³-hybridized carbons (Fsp3) is 0.462. The van der Waals surface area contributed by atoms with Crippen LogP contribution in [0.2, 0.25) is 5.02 Å². The fourth-order valence-electron chi connectivity index (χ4n) is 2.42. The number of halogens is 1. The van der Waals surface area contributed by atoms with E-state index in [1.807, 2.05) is 4.90 Å². The summed E-state index contributed by atoms with van der Waals surface area (Å²) in [5.41, 5.74) is 0.617. The van der Waals surface area contributed by atoms with Gasteiger partial charge >= 0.3 is 5.97 Å². The Labute approximate surface area is 121 Å². The van der Waals surface area contributed by atoms with E-state index in [9.17, 15) is 14.9 Å². The largest absolute Gasteiger partial charge is 0.481 e. The fourth-order valence-corrected chi connectivity index (χ4v) is 2.59. The van der Waals surface area contributed by atoms with Gasteiger partial charge < -0.3 is 5.11 Å². The molecule has 20 heavy (non-hydrogen) atoms. The van der Waals surface area contributed by atoms with Gasteiger partial charge in [0, 0.05) is 23.2 Å². The second-order valence-electron chi connectivity index (χ2n) is 4.92. The van der Waals surface area contributed by atoms with Gasteiger partial charge in [0.15, 0.2) is 0 Å². The Balaban J connectivity index is 2.04. The molecule has 6 nitrogen and oxygen atoms in total. The van der Waals surface area contributed by atoms with E-state index in [-0.39, 0.29) is 11.6 Å².